The largest absolute Gasteiger partial charge is 0.340 e. The van der Waals surface area contributed by atoms with Crippen molar-refractivity contribution >= 4 is 34.3 Å². The number of aryl methyl sites for hydroxylation is 1. The Labute approximate surface area is 201 Å². The van der Waals surface area contributed by atoms with Crippen LogP contribution in [0.3, 0.4) is 0 Å². The molecule has 4 rings (SSSR count). The Kier molecular flexibility index (Phi) is 7.02. The van der Waals surface area contributed by atoms with Gasteiger partial charge in [0.15, 0.2) is 5.16 Å². The number of hydrogen-bond acceptors (Lipinski definition) is 5. The van der Waals surface area contributed by atoms with Crippen molar-refractivity contribution in [3.8, 4) is 0 Å². The maximum atomic E-state index is 13.5. The van der Waals surface area contributed by atoms with Crippen LogP contribution in [0.1, 0.15) is 32.8 Å². The molecule has 7 nitrogen and oxygen atoms in total. The van der Waals surface area contributed by atoms with E-state index in [-0.39, 0.29) is 17.3 Å². The number of benzene rings is 2. The zero-order valence-corrected chi connectivity index (χ0v) is 20.6. The summed E-state index contributed by atoms with van der Waals surface area (Å²) in [6.45, 7) is 6.88. The zero-order chi connectivity index (χ0) is 24.4. The molecule has 0 aliphatic rings. The molecule has 0 fully saturated rings. The van der Waals surface area contributed by atoms with Crippen LogP contribution in [0.15, 0.2) is 58.5 Å². The average Bonchev–Trinajstić information content (AvgIpc) is 3.21. The Bertz CT molecular complexity index is 1400. The van der Waals surface area contributed by atoms with E-state index in [1.165, 1.54) is 23.9 Å². The van der Waals surface area contributed by atoms with Gasteiger partial charge in [0.2, 0.25) is 11.7 Å². The second kappa shape index (κ2) is 9.97. The lowest BCUT2D eigenvalue weighted by atomic mass is 10.1. The number of para-hydroxylation sites is 1. The first kappa shape index (κ1) is 23.9. The first-order chi connectivity index (χ1) is 16.3. The van der Waals surface area contributed by atoms with Gasteiger partial charge in [-0.2, -0.15) is 0 Å². The third-order valence-electron chi connectivity index (χ3n) is 5.72. The lowest BCUT2D eigenvalue weighted by Crippen LogP contribution is -2.33. The van der Waals surface area contributed by atoms with Crippen LogP contribution >= 0.6 is 11.8 Å². The third-order valence-corrected chi connectivity index (χ3v) is 6.75. The molecule has 2 aromatic carbocycles. The molecule has 4 aromatic rings. The first-order valence-electron chi connectivity index (χ1n) is 11.3. The zero-order valence-electron chi connectivity index (χ0n) is 19.7. The highest BCUT2D eigenvalue weighted by Crippen LogP contribution is 2.26. The van der Waals surface area contributed by atoms with Crippen LogP contribution in [0.4, 0.5) is 4.39 Å². The van der Waals surface area contributed by atoms with Crippen LogP contribution in [0.2, 0.25) is 0 Å². The van der Waals surface area contributed by atoms with E-state index in [4.69, 9.17) is 0 Å². The predicted octanol–water partition coefficient (Wildman–Crippen LogP) is 4.37. The fourth-order valence-electron chi connectivity index (χ4n) is 3.90. The van der Waals surface area contributed by atoms with Gasteiger partial charge in [-0.15, -0.1) is 10.2 Å². The van der Waals surface area contributed by atoms with Crippen molar-refractivity contribution < 1.29 is 9.18 Å². The second-order valence-corrected chi connectivity index (χ2v) is 10.2. The molecular formula is C25H28FN5O2S. The third kappa shape index (κ3) is 4.84. The van der Waals surface area contributed by atoms with Gasteiger partial charge in [0, 0.05) is 20.1 Å². The van der Waals surface area contributed by atoms with Gasteiger partial charge in [0.1, 0.15) is 5.82 Å². The molecule has 0 bridgehead atoms. The van der Waals surface area contributed by atoms with E-state index in [1.807, 2.05) is 29.5 Å². The summed E-state index contributed by atoms with van der Waals surface area (Å²) in [6.07, 6.45) is 0.836. The molecule has 0 N–H and O–H groups in total. The monoisotopic (exact) mass is 481 g/mol. The van der Waals surface area contributed by atoms with E-state index in [2.05, 4.69) is 24.0 Å². The maximum Gasteiger partial charge on any atom is 0.262 e. The van der Waals surface area contributed by atoms with Crippen molar-refractivity contribution in [2.75, 3.05) is 7.05 Å². The van der Waals surface area contributed by atoms with Crippen molar-refractivity contribution in [3.63, 3.8) is 0 Å². The normalized spacial score (nSPS) is 12.5. The van der Waals surface area contributed by atoms with E-state index in [9.17, 15) is 14.0 Å². The molecular weight excluding hydrogens is 453 g/mol. The van der Waals surface area contributed by atoms with Crippen LogP contribution < -0.4 is 5.56 Å². The number of thioether (sulfide) groups is 1. The molecule has 0 aliphatic heterocycles. The first-order valence-corrected chi connectivity index (χ1v) is 12.2. The standard InChI is InChI=1S/C25H28FN5O2S/c1-16(2)12-13-30-23(33)20-10-5-6-11-21(20)31-24(30)27-28-25(31)34-17(3)22(32)29(4)15-18-8-7-9-19(26)14-18/h5-11,14,16-17H,12-13,15H2,1-4H3. The van der Waals surface area contributed by atoms with Gasteiger partial charge in [-0.05, 0) is 49.1 Å². The average molecular weight is 482 g/mol. The van der Waals surface area contributed by atoms with Crippen molar-refractivity contribution in [1.82, 2.24) is 24.1 Å². The smallest absolute Gasteiger partial charge is 0.262 e. The van der Waals surface area contributed by atoms with Crippen LogP contribution in [0, 0.1) is 11.7 Å². The minimum Gasteiger partial charge on any atom is -0.340 e. The fourth-order valence-corrected chi connectivity index (χ4v) is 4.88. The highest BCUT2D eigenvalue weighted by Gasteiger charge is 2.23. The number of aromatic nitrogens is 4. The highest BCUT2D eigenvalue weighted by molar-refractivity contribution is 8.00. The summed E-state index contributed by atoms with van der Waals surface area (Å²) >= 11 is 1.29. The molecule has 1 atom stereocenters. The minimum atomic E-state index is -0.458. The molecule has 178 valence electrons. The molecule has 0 spiro atoms. The summed E-state index contributed by atoms with van der Waals surface area (Å²) in [4.78, 5) is 27.8. The fraction of sp³-hybridized carbons (Fsp3) is 0.360. The number of carbonyl (C=O) groups is 1. The number of amides is 1. The van der Waals surface area contributed by atoms with E-state index < -0.39 is 5.25 Å². The molecule has 1 amide bonds. The number of rotatable bonds is 8. The number of hydrogen-bond donors (Lipinski definition) is 0. The highest BCUT2D eigenvalue weighted by atomic mass is 32.2. The number of nitrogens with zero attached hydrogens (tertiary/aromatic N) is 5. The summed E-state index contributed by atoms with van der Waals surface area (Å²) in [5, 5.41) is 9.35. The molecule has 0 radical (unpaired) electrons. The number of fused-ring (bicyclic) bond motifs is 3. The Hall–Kier alpha value is -3.20. The SMILES string of the molecule is CC(C)CCn1c(=O)c2ccccc2n2c(SC(C)C(=O)N(C)Cc3cccc(F)c3)nnc12. The predicted molar refractivity (Wildman–Crippen MR) is 132 cm³/mol. The molecule has 2 aromatic heterocycles. The van der Waals surface area contributed by atoms with Crippen molar-refractivity contribution in [1.29, 1.82) is 0 Å². The lowest BCUT2D eigenvalue weighted by molar-refractivity contribution is -0.129. The van der Waals surface area contributed by atoms with Crippen LogP contribution in [0.25, 0.3) is 16.7 Å². The van der Waals surface area contributed by atoms with Crippen molar-refractivity contribution in [3.05, 3.63) is 70.3 Å². The van der Waals surface area contributed by atoms with Gasteiger partial charge in [0.05, 0.1) is 16.2 Å². The van der Waals surface area contributed by atoms with Gasteiger partial charge >= 0.3 is 0 Å². The Morgan fingerprint density at radius 2 is 1.88 bits per heavy atom. The summed E-state index contributed by atoms with van der Waals surface area (Å²) in [5.74, 6) is 0.468. The summed E-state index contributed by atoms with van der Waals surface area (Å²) in [6, 6.07) is 13.6. The van der Waals surface area contributed by atoms with Crippen molar-refractivity contribution in [2.24, 2.45) is 5.92 Å². The van der Waals surface area contributed by atoms with Crippen LogP contribution in [-0.4, -0.2) is 42.3 Å². The molecule has 0 saturated heterocycles. The minimum absolute atomic E-state index is 0.0911. The van der Waals surface area contributed by atoms with E-state index >= 15 is 0 Å². The molecule has 2 heterocycles. The summed E-state index contributed by atoms with van der Waals surface area (Å²) < 4.78 is 17.0. The van der Waals surface area contributed by atoms with Crippen LogP contribution in [0.5, 0.6) is 0 Å². The number of halogens is 1. The van der Waals surface area contributed by atoms with Gasteiger partial charge in [-0.25, -0.2) is 4.39 Å². The van der Waals surface area contributed by atoms with Crippen LogP contribution in [-0.2, 0) is 17.9 Å². The Morgan fingerprint density at radius 1 is 1.12 bits per heavy atom. The van der Waals surface area contributed by atoms with Gasteiger partial charge in [-0.3, -0.25) is 18.6 Å². The lowest BCUT2D eigenvalue weighted by Gasteiger charge is -2.21. The Balaban J connectivity index is 1.65. The molecule has 0 saturated carbocycles. The molecule has 9 heteroatoms. The molecule has 34 heavy (non-hydrogen) atoms. The quantitative estimate of drug-likeness (QED) is 0.350. The maximum absolute atomic E-state index is 13.5. The van der Waals surface area contributed by atoms with Crippen molar-refractivity contribution in [2.45, 2.75) is 50.7 Å². The van der Waals surface area contributed by atoms with Gasteiger partial charge < -0.3 is 4.90 Å². The van der Waals surface area contributed by atoms with Gasteiger partial charge in [0.25, 0.3) is 5.56 Å². The number of carbonyl (C=O) groups excluding carboxylic acids is 1. The Morgan fingerprint density at radius 3 is 2.62 bits per heavy atom. The molecule has 1 unspecified atom stereocenters. The van der Waals surface area contributed by atoms with E-state index in [1.54, 1.807) is 34.7 Å². The molecule has 0 aliphatic carbocycles. The van der Waals surface area contributed by atoms with Gasteiger partial charge in [-0.1, -0.05) is 49.9 Å². The van der Waals surface area contributed by atoms with E-state index in [0.29, 0.717) is 40.8 Å². The topological polar surface area (TPSA) is 72.5 Å². The summed E-state index contributed by atoms with van der Waals surface area (Å²) in [7, 11) is 1.70. The summed E-state index contributed by atoms with van der Waals surface area (Å²) in [5.41, 5.74) is 1.34. The second-order valence-electron chi connectivity index (χ2n) is 8.86. The van der Waals surface area contributed by atoms with E-state index in [0.717, 1.165) is 12.0 Å².